The van der Waals surface area contributed by atoms with Crippen LogP contribution in [-0.2, 0) is 85.7 Å². The third-order valence-electron chi connectivity index (χ3n) is 5.19. The van der Waals surface area contributed by atoms with Gasteiger partial charge in [0.05, 0.1) is 37.8 Å². The average Bonchev–Trinajstić information content (AvgIpc) is 2.75. The van der Waals surface area contributed by atoms with E-state index in [1.165, 1.54) is 25.7 Å². The van der Waals surface area contributed by atoms with Crippen molar-refractivity contribution < 1.29 is 37.6 Å². The van der Waals surface area contributed by atoms with Gasteiger partial charge in [-0.1, -0.05) is 105 Å². The smallest absolute Gasteiger partial charge is 0.691 e. The summed E-state index contributed by atoms with van der Waals surface area (Å²) >= 11 is 20.9. The second-order valence-electron chi connectivity index (χ2n) is 9.65. The summed E-state index contributed by atoms with van der Waals surface area (Å²) in [5.41, 5.74) is -4.86. The van der Waals surface area contributed by atoms with Crippen LogP contribution in [0.25, 0.3) is 0 Å². The fourth-order valence-corrected chi connectivity index (χ4v) is 6.61. The summed E-state index contributed by atoms with van der Waals surface area (Å²) in [7, 11) is 0. The predicted molar refractivity (Wildman–Crippen MR) is 163 cm³/mol. The molecule has 0 aliphatic rings. The van der Waals surface area contributed by atoms with Crippen molar-refractivity contribution in [3.63, 3.8) is 0 Å². The first kappa shape index (κ1) is 41.9. The molecule has 0 aliphatic carbocycles. The third-order valence-corrected chi connectivity index (χ3v) is 9.59. The van der Waals surface area contributed by atoms with Crippen molar-refractivity contribution in [2.45, 2.75) is 107 Å². The minimum atomic E-state index is -2.43. The Morgan fingerprint density at radius 2 is 0.686 bits per heavy atom. The third kappa shape index (κ3) is 29.3. The van der Waals surface area contributed by atoms with Crippen molar-refractivity contribution in [2.24, 2.45) is 23.7 Å². The number of hydrogen-bond donors (Lipinski definition) is 0. The fraction of sp³-hybridized carbons (Fsp3) is 1.00. The van der Waals surface area contributed by atoms with Gasteiger partial charge in [-0.25, -0.2) is 0 Å². The number of rotatable bonds is 20. The Kier molecular flexibility index (Phi) is 30.5. The van der Waals surface area contributed by atoms with Gasteiger partial charge in [0, 0.05) is 0 Å². The second-order valence-corrected chi connectivity index (χ2v) is 19.6. The van der Waals surface area contributed by atoms with Gasteiger partial charge in [-0.3, -0.25) is 0 Å². The predicted octanol–water partition coefficient (Wildman–Crippen LogP) is 9.32. The van der Waals surface area contributed by atoms with Crippen LogP contribution in [0.5, 0.6) is 0 Å². The van der Waals surface area contributed by atoms with E-state index < -0.39 is 11.4 Å². The van der Waals surface area contributed by atoms with E-state index in [9.17, 15) is 0 Å². The first-order valence-corrected chi connectivity index (χ1v) is 20.3. The van der Waals surface area contributed by atoms with Gasteiger partial charge in [-0.2, -0.15) is 0 Å². The van der Waals surface area contributed by atoms with Crippen LogP contribution >= 0.6 is 11.4 Å². The van der Waals surface area contributed by atoms with Gasteiger partial charge in [0.25, 0.3) is 0 Å². The maximum atomic E-state index is 5.59. The maximum Gasteiger partial charge on any atom is 2.00 e. The van der Waals surface area contributed by atoms with E-state index in [1.807, 2.05) is 0 Å². The molecule has 0 aromatic heterocycles. The van der Waals surface area contributed by atoms with Gasteiger partial charge in [-0.15, -0.1) is 0 Å². The Bertz CT molecular complexity index is 488. The zero-order valence-electron chi connectivity index (χ0n) is 23.7. The summed E-state index contributed by atoms with van der Waals surface area (Å²) in [4.78, 5) is 0. The van der Waals surface area contributed by atoms with Crippen LogP contribution in [-0.4, -0.2) is 26.4 Å². The van der Waals surface area contributed by atoms with Crippen LogP contribution in [0.1, 0.15) is 107 Å². The molecular weight excluding hydrogens is 608 g/mol. The minimum Gasteiger partial charge on any atom is -0.691 e. The zero-order valence-corrected chi connectivity index (χ0v) is 31.7. The Morgan fingerprint density at radius 3 is 0.829 bits per heavy atom. The molecule has 35 heavy (non-hydrogen) atoms. The summed E-state index contributed by atoms with van der Waals surface area (Å²) in [6.07, 6.45) is 9.26. The molecule has 0 heterocycles. The largest absolute Gasteiger partial charge is 2.00 e. The first-order chi connectivity index (χ1) is 15.8. The molecular formula is C24H52O4P2S4Zn. The van der Waals surface area contributed by atoms with Gasteiger partial charge >= 0.3 is 19.5 Å². The molecule has 4 unspecified atom stereocenters. The average molecular weight is 660 g/mol. The molecule has 0 rings (SSSR count). The van der Waals surface area contributed by atoms with Crippen LogP contribution in [0.3, 0.4) is 0 Å². The molecule has 0 aromatic carbocycles. The molecule has 4 atom stereocenters. The van der Waals surface area contributed by atoms with Crippen molar-refractivity contribution in [3.8, 4) is 0 Å². The summed E-state index contributed by atoms with van der Waals surface area (Å²) < 4.78 is 22.4. The van der Waals surface area contributed by atoms with E-state index >= 15 is 0 Å². The molecule has 0 radical (unpaired) electrons. The Balaban J connectivity index is -0.000000569. The van der Waals surface area contributed by atoms with Gasteiger partial charge in [0.15, 0.2) is 0 Å². The van der Waals surface area contributed by atoms with Crippen LogP contribution in [0.4, 0.5) is 0 Å². The van der Waals surface area contributed by atoms with E-state index in [2.05, 4.69) is 55.4 Å². The first-order valence-electron chi connectivity index (χ1n) is 13.0. The molecule has 0 aliphatic heterocycles. The van der Waals surface area contributed by atoms with Crippen LogP contribution in [0.2, 0.25) is 0 Å². The fourth-order valence-electron chi connectivity index (χ4n) is 3.25. The molecule has 11 heteroatoms. The molecule has 0 saturated heterocycles. The molecule has 0 bridgehead atoms. The van der Waals surface area contributed by atoms with E-state index in [4.69, 9.17) is 66.2 Å². The van der Waals surface area contributed by atoms with E-state index in [-0.39, 0.29) is 19.5 Å². The van der Waals surface area contributed by atoms with Crippen molar-refractivity contribution >= 4 is 59.5 Å². The molecule has 0 spiro atoms. The van der Waals surface area contributed by atoms with Gasteiger partial charge in [0.2, 0.25) is 0 Å². The maximum absolute atomic E-state index is 5.59. The van der Waals surface area contributed by atoms with Gasteiger partial charge in [0.1, 0.15) is 0 Å². The topological polar surface area (TPSA) is 36.9 Å². The van der Waals surface area contributed by atoms with E-state index in [1.54, 1.807) is 0 Å². The quantitative estimate of drug-likeness (QED) is 0.0727. The Labute approximate surface area is 252 Å². The van der Waals surface area contributed by atoms with E-state index in [0.717, 1.165) is 25.7 Å². The molecule has 0 amide bonds. The molecule has 4 nitrogen and oxygen atoms in total. The van der Waals surface area contributed by atoms with Crippen molar-refractivity contribution in [2.75, 3.05) is 26.4 Å². The summed E-state index contributed by atoms with van der Waals surface area (Å²) in [6, 6.07) is 0. The minimum absolute atomic E-state index is 0. The molecule has 0 saturated carbocycles. The Morgan fingerprint density at radius 1 is 0.514 bits per heavy atom. The van der Waals surface area contributed by atoms with Crippen LogP contribution < -0.4 is 0 Å². The molecule has 0 aromatic rings. The monoisotopic (exact) mass is 658 g/mol. The van der Waals surface area contributed by atoms with Crippen LogP contribution in [0.15, 0.2) is 0 Å². The van der Waals surface area contributed by atoms with Crippen molar-refractivity contribution in [1.29, 1.82) is 0 Å². The van der Waals surface area contributed by atoms with Gasteiger partial charge in [-0.05, 0) is 49.4 Å². The number of hydrogen-bond acceptors (Lipinski definition) is 8. The van der Waals surface area contributed by atoms with E-state index in [0.29, 0.717) is 50.1 Å². The standard InChI is InChI=1S/2C12H27O2PS2.Zn/c2*1-5-7-11(3)9-13-15(16,17)14-10-12(4)8-6-2;/h2*11-12H,5-10H2,1-4H3,(H,16,17);/q;;+2/p-2. The van der Waals surface area contributed by atoms with Crippen LogP contribution in [0, 0.1) is 23.7 Å². The molecule has 208 valence electrons. The van der Waals surface area contributed by atoms with Crippen molar-refractivity contribution in [1.82, 2.24) is 0 Å². The summed E-state index contributed by atoms with van der Waals surface area (Å²) in [5.74, 6) is 2.06. The Hall–Kier alpha value is 2.46. The summed E-state index contributed by atoms with van der Waals surface area (Å²) in [6.45, 7) is 19.9. The SMILES string of the molecule is CCCC(C)COP(=S)([S-])OCC(C)CCC.CCCC(C)COP(=S)([S-])OCC(C)CCC.[Zn+2]. The summed E-state index contributed by atoms with van der Waals surface area (Å²) in [5, 5.41) is 0. The normalized spacial score (nSPS) is 18.1. The van der Waals surface area contributed by atoms with Gasteiger partial charge < -0.3 is 42.6 Å². The second kappa shape index (κ2) is 25.4. The molecule has 0 N–H and O–H groups in total. The zero-order chi connectivity index (χ0) is 26.6. The van der Waals surface area contributed by atoms with Crippen molar-refractivity contribution in [3.05, 3.63) is 0 Å². The molecule has 0 fully saturated rings.